The van der Waals surface area contributed by atoms with Crippen molar-refractivity contribution in [3.05, 3.63) is 0 Å². The van der Waals surface area contributed by atoms with Gasteiger partial charge in [0, 0.05) is 20.3 Å². The van der Waals surface area contributed by atoms with Crippen molar-refractivity contribution < 1.29 is 23.7 Å². The lowest BCUT2D eigenvalue weighted by atomic mass is 10.5. The Morgan fingerprint density at radius 1 is 1.00 bits per heavy atom. The van der Waals surface area contributed by atoms with Crippen LogP contribution in [0.15, 0.2) is 0 Å². The van der Waals surface area contributed by atoms with Crippen LogP contribution in [0, 0.1) is 0 Å². The summed E-state index contributed by atoms with van der Waals surface area (Å²) in [6.45, 7) is 5.03. The molecule has 0 heterocycles. The van der Waals surface area contributed by atoms with E-state index in [1.54, 1.807) is 14.0 Å². The topological polar surface area (TPSA) is 54.0 Å². The molecule has 0 aliphatic rings. The van der Waals surface area contributed by atoms with E-state index in [-0.39, 0.29) is 5.97 Å². The molecule has 0 aromatic carbocycles. The first-order valence-corrected chi connectivity index (χ1v) is 5.61. The molecule has 0 spiro atoms. The average Bonchev–Trinajstić information content (AvgIpc) is 2.27. The molecule has 0 aliphatic carbocycles. The van der Waals surface area contributed by atoms with Gasteiger partial charge < -0.3 is 18.9 Å². The Balaban J connectivity index is 3.01. The van der Waals surface area contributed by atoms with Gasteiger partial charge in [-0.15, -0.1) is 0 Å². The van der Waals surface area contributed by atoms with Gasteiger partial charge in [-0.2, -0.15) is 0 Å². The quantitative estimate of drug-likeness (QED) is 0.394. The van der Waals surface area contributed by atoms with Crippen LogP contribution in [-0.2, 0) is 23.7 Å². The van der Waals surface area contributed by atoms with Crippen molar-refractivity contribution in [2.75, 3.05) is 46.8 Å². The minimum absolute atomic E-state index is 0.219. The average molecular weight is 234 g/mol. The van der Waals surface area contributed by atoms with Crippen LogP contribution in [-0.4, -0.2) is 52.7 Å². The van der Waals surface area contributed by atoms with Crippen molar-refractivity contribution in [2.45, 2.75) is 19.8 Å². The van der Waals surface area contributed by atoms with Crippen LogP contribution >= 0.6 is 0 Å². The van der Waals surface area contributed by atoms with E-state index in [1.807, 2.05) is 0 Å². The zero-order valence-electron chi connectivity index (χ0n) is 10.2. The molecule has 0 unspecified atom stereocenters. The second-order valence-corrected chi connectivity index (χ2v) is 3.13. The molecule has 0 rings (SSSR count). The van der Waals surface area contributed by atoms with E-state index < -0.39 is 0 Å². The second-order valence-electron chi connectivity index (χ2n) is 3.13. The molecule has 0 bridgehead atoms. The fourth-order valence-corrected chi connectivity index (χ4v) is 1.02. The number of carbonyl (C=O) groups excluding carboxylic acids is 1. The fraction of sp³-hybridized carbons (Fsp3) is 0.909. The van der Waals surface area contributed by atoms with Gasteiger partial charge in [0.25, 0.3) is 0 Å². The Hall–Kier alpha value is -0.650. The van der Waals surface area contributed by atoms with Crippen LogP contribution < -0.4 is 0 Å². The zero-order chi connectivity index (χ0) is 12.1. The number of methoxy groups -OCH3 is 1. The highest BCUT2D eigenvalue weighted by atomic mass is 16.5. The minimum atomic E-state index is -0.219. The summed E-state index contributed by atoms with van der Waals surface area (Å²) in [5.74, 6) is -0.219. The standard InChI is InChI=1S/C11H22O5/c1-3-16-11(12)5-8-15-10-9-14-7-4-6-13-2/h3-10H2,1-2H3. The van der Waals surface area contributed by atoms with Crippen molar-refractivity contribution >= 4 is 5.97 Å². The van der Waals surface area contributed by atoms with E-state index in [2.05, 4.69) is 0 Å². The molecule has 16 heavy (non-hydrogen) atoms. The Morgan fingerprint density at radius 3 is 2.31 bits per heavy atom. The molecule has 0 aromatic heterocycles. The third kappa shape index (κ3) is 11.4. The van der Waals surface area contributed by atoms with Crippen molar-refractivity contribution in [2.24, 2.45) is 0 Å². The molecule has 0 fully saturated rings. The molecule has 0 saturated carbocycles. The Morgan fingerprint density at radius 2 is 1.69 bits per heavy atom. The van der Waals surface area contributed by atoms with Gasteiger partial charge in [-0.1, -0.05) is 0 Å². The van der Waals surface area contributed by atoms with Crippen molar-refractivity contribution in [3.8, 4) is 0 Å². The Labute approximate surface area is 97.0 Å². The smallest absolute Gasteiger partial charge is 0.308 e. The molecule has 5 heteroatoms. The predicted molar refractivity (Wildman–Crippen MR) is 59.4 cm³/mol. The van der Waals surface area contributed by atoms with Gasteiger partial charge in [0.15, 0.2) is 0 Å². The van der Waals surface area contributed by atoms with Crippen molar-refractivity contribution in [3.63, 3.8) is 0 Å². The summed E-state index contributed by atoms with van der Waals surface area (Å²) < 4.78 is 20.1. The largest absolute Gasteiger partial charge is 0.466 e. The summed E-state index contributed by atoms with van der Waals surface area (Å²) in [5, 5.41) is 0. The molecule has 96 valence electrons. The first-order chi connectivity index (χ1) is 7.81. The minimum Gasteiger partial charge on any atom is -0.466 e. The van der Waals surface area contributed by atoms with Crippen molar-refractivity contribution in [1.29, 1.82) is 0 Å². The fourth-order valence-electron chi connectivity index (χ4n) is 1.02. The number of carbonyl (C=O) groups is 1. The van der Waals surface area contributed by atoms with Crippen LogP contribution in [0.4, 0.5) is 0 Å². The molecule has 0 radical (unpaired) electrons. The number of hydrogen-bond acceptors (Lipinski definition) is 5. The van der Waals surface area contributed by atoms with Gasteiger partial charge in [-0.05, 0) is 13.3 Å². The number of hydrogen-bond donors (Lipinski definition) is 0. The third-order valence-corrected chi connectivity index (χ3v) is 1.76. The maximum atomic E-state index is 10.9. The Kier molecular flexibility index (Phi) is 11.9. The molecule has 5 nitrogen and oxygen atoms in total. The molecule has 0 N–H and O–H groups in total. The van der Waals surface area contributed by atoms with Crippen LogP contribution in [0.25, 0.3) is 0 Å². The maximum absolute atomic E-state index is 10.9. The first-order valence-electron chi connectivity index (χ1n) is 5.61. The van der Waals surface area contributed by atoms with E-state index in [1.165, 1.54) is 0 Å². The summed E-state index contributed by atoms with van der Waals surface area (Å²) in [6, 6.07) is 0. The highest BCUT2D eigenvalue weighted by Gasteiger charge is 2.00. The van der Waals surface area contributed by atoms with Gasteiger partial charge in [-0.25, -0.2) is 0 Å². The van der Waals surface area contributed by atoms with Crippen LogP contribution in [0.2, 0.25) is 0 Å². The summed E-state index contributed by atoms with van der Waals surface area (Å²) >= 11 is 0. The van der Waals surface area contributed by atoms with Crippen molar-refractivity contribution in [1.82, 2.24) is 0 Å². The SMILES string of the molecule is CCOC(=O)CCOCCOCCCOC. The Bertz CT molecular complexity index is 160. The van der Waals surface area contributed by atoms with E-state index >= 15 is 0 Å². The molecular weight excluding hydrogens is 212 g/mol. The highest BCUT2D eigenvalue weighted by Crippen LogP contribution is 1.89. The van der Waals surface area contributed by atoms with Gasteiger partial charge in [0.05, 0.1) is 32.8 Å². The van der Waals surface area contributed by atoms with E-state index in [0.29, 0.717) is 46.1 Å². The molecule has 0 atom stereocenters. The van der Waals surface area contributed by atoms with Gasteiger partial charge >= 0.3 is 5.97 Å². The van der Waals surface area contributed by atoms with Gasteiger partial charge in [-0.3, -0.25) is 4.79 Å². The number of ether oxygens (including phenoxy) is 4. The molecule has 0 amide bonds. The predicted octanol–water partition coefficient (Wildman–Crippen LogP) is 1.01. The van der Waals surface area contributed by atoms with E-state index in [4.69, 9.17) is 18.9 Å². The number of esters is 1. The second kappa shape index (κ2) is 12.4. The number of rotatable bonds is 11. The monoisotopic (exact) mass is 234 g/mol. The molecule has 0 saturated heterocycles. The summed E-state index contributed by atoms with van der Waals surface area (Å²) in [4.78, 5) is 10.9. The summed E-state index contributed by atoms with van der Waals surface area (Å²) in [7, 11) is 1.67. The van der Waals surface area contributed by atoms with Crippen LogP contribution in [0.5, 0.6) is 0 Å². The van der Waals surface area contributed by atoms with E-state index in [9.17, 15) is 4.79 Å². The lowest BCUT2D eigenvalue weighted by molar-refractivity contribution is -0.144. The highest BCUT2D eigenvalue weighted by molar-refractivity contribution is 5.69. The maximum Gasteiger partial charge on any atom is 0.308 e. The summed E-state index contributed by atoms with van der Waals surface area (Å²) in [5.41, 5.74) is 0. The van der Waals surface area contributed by atoms with Crippen LogP contribution in [0.3, 0.4) is 0 Å². The summed E-state index contributed by atoms with van der Waals surface area (Å²) in [6.07, 6.45) is 1.19. The lowest BCUT2D eigenvalue weighted by Gasteiger charge is -2.05. The lowest BCUT2D eigenvalue weighted by Crippen LogP contribution is -2.11. The normalized spacial score (nSPS) is 10.4. The van der Waals surface area contributed by atoms with Gasteiger partial charge in [0.2, 0.25) is 0 Å². The van der Waals surface area contributed by atoms with E-state index in [0.717, 1.165) is 6.42 Å². The van der Waals surface area contributed by atoms with Gasteiger partial charge in [0.1, 0.15) is 0 Å². The molecule has 0 aromatic rings. The van der Waals surface area contributed by atoms with Crippen LogP contribution in [0.1, 0.15) is 19.8 Å². The molecule has 0 aliphatic heterocycles. The third-order valence-electron chi connectivity index (χ3n) is 1.76. The first kappa shape index (κ1) is 15.3. The zero-order valence-corrected chi connectivity index (χ0v) is 10.2. The molecular formula is C11H22O5.